The van der Waals surface area contributed by atoms with E-state index in [1.165, 1.54) is 22.2 Å². The normalized spacial score (nSPS) is 14.3. The van der Waals surface area contributed by atoms with Gasteiger partial charge in [-0.05, 0) is 30.5 Å². The first-order valence-corrected chi connectivity index (χ1v) is 11.7. The van der Waals surface area contributed by atoms with Crippen LogP contribution in [0.5, 0.6) is 0 Å². The van der Waals surface area contributed by atoms with E-state index < -0.39 is 40.4 Å². The molecule has 1 aromatic carbocycles. The van der Waals surface area contributed by atoms with Crippen molar-refractivity contribution in [3.8, 4) is 11.1 Å². The first-order valence-electron chi connectivity index (χ1n) is 9.80. The van der Waals surface area contributed by atoms with Crippen molar-refractivity contribution in [1.82, 2.24) is 3.97 Å². The predicted molar refractivity (Wildman–Crippen MR) is 117 cm³/mol. The molecule has 170 valence electrons. The highest BCUT2D eigenvalue weighted by atomic mass is 32.2. The average Bonchev–Trinajstić information content (AvgIpc) is 2.92. The zero-order valence-electron chi connectivity index (χ0n) is 17.9. The number of nitrogens with zero attached hydrogens (tertiary/aromatic N) is 1. The molecule has 0 aliphatic heterocycles. The molecule has 7 nitrogen and oxygen atoms in total. The van der Waals surface area contributed by atoms with Gasteiger partial charge < -0.3 is 15.3 Å². The fraction of sp³-hybridized carbons (Fsp3) is 0.409. The molecule has 0 spiro atoms. The van der Waals surface area contributed by atoms with Crippen LogP contribution in [-0.2, 0) is 14.8 Å². The van der Waals surface area contributed by atoms with Crippen molar-refractivity contribution in [3.05, 3.63) is 53.1 Å². The van der Waals surface area contributed by atoms with Gasteiger partial charge in [-0.1, -0.05) is 38.1 Å². The molecule has 0 aliphatic rings. The van der Waals surface area contributed by atoms with Crippen molar-refractivity contribution in [2.75, 3.05) is 6.26 Å². The monoisotopic (exact) mass is 453 g/mol. The Morgan fingerprint density at radius 3 is 2.26 bits per heavy atom. The number of carbonyl (C=O) groups is 1. The molecule has 0 fully saturated rings. The first-order chi connectivity index (χ1) is 14.3. The fourth-order valence-electron chi connectivity index (χ4n) is 3.69. The predicted octanol–water partition coefficient (Wildman–Crippen LogP) is 3.13. The van der Waals surface area contributed by atoms with Crippen LogP contribution in [-0.4, -0.2) is 52.1 Å². The maximum atomic E-state index is 13.5. The second-order valence-corrected chi connectivity index (χ2v) is 9.69. The highest BCUT2D eigenvalue weighted by Crippen LogP contribution is 2.38. The molecule has 9 heteroatoms. The van der Waals surface area contributed by atoms with Crippen molar-refractivity contribution in [3.63, 3.8) is 0 Å². The van der Waals surface area contributed by atoms with Crippen LogP contribution in [0.2, 0.25) is 0 Å². The maximum Gasteiger partial charge on any atom is 0.305 e. The third kappa shape index (κ3) is 6.03. The summed E-state index contributed by atoms with van der Waals surface area (Å²) in [6, 6.07) is 5.68. The average molecular weight is 454 g/mol. The van der Waals surface area contributed by atoms with Crippen LogP contribution in [0, 0.1) is 12.7 Å². The van der Waals surface area contributed by atoms with Gasteiger partial charge in [0.25, 0.3) is 0 Å². The first kappa shape index (κ1) is 24.8. The van der Waals surface area contributed by atoms with E-state index in [2.05, 4.69) is 0 Å². The van der Waals surface area contributed by atoms with Gasteiger partial charge in [0, 0.05) is 28.9 Å². The smallest absolute Gasteiger partial charge is 0.305 e. The number of carboxylic acid groups (broad SMARTS) is 1. The molecule has 1 heterocycles. The summed E-state index contributed by atoms with van der Waals surface area (Å²) in [5, 5.41) is 28.7. The molecule has 3 N–H and O–H groups in total. The second-order valence-electron chi connectivity index (χ2n) is 7.86. The lowest BCUT2D eigenvalue weighted by Crippen LogP contribution is -2.19. The van der Waals surface area contributed by atoms with Gasteiger partial charge in [0.2, 0.25) is 10.0 Å². The number of aliphatic carboxylic acids is 1. The second kappa shape index (κ2) is 9.76. The molecule has 0 amide bonds. The van der Waals surface area contributed by atoms with E-state index in [0.717, 1.165) is 6.26 Å². The lowest BCUT2D eigenvalue weighted by molar-refractivity contribution is -0.139. The van der Waals surface area contributed by atoms with Crippen LogP contribution >= 0.6 is 0 Å². The summed E-state index contributed by atoms with van der Waals surface area (Å²) in [7, 11) is -3.66. The zero-order valence-corrected chi connectivity index (χ0v) is 18.7. The number of benzene rings is 1. The largest absolute Gasteiger partial charge is 0.481 e. The molecule has 0 bridgehead atoms. The van der Waals surface area contributed by atoms with Gasteiger partial charge in [-0.3, -0.25) is 4.79 Å². The fourth-order valence-corrected chi connectivity index (χ4v) is 4.94. The van der Waals surface area contributed by atoms with Crippen LogP contribution < -0.4 is 0 Å². The lowest BCUT2D eigenvalue weighted by Gasteiger charge is -2.13. The Bertz CT molecular complexity index is 1070. The third-order valence-corrected chi connectivity index (χ3v) is 5.98. The number of hydrogen-bond acceptors (Lipinski definition) is 5. The minimum Gasteiger partial charge on any atom is -0.481 e. The highest BCUT2D eigenvalue weighted by molar-refractivity contribution is 7.89. The van der Waals surface area contributed by atoms with E-state index >= 15 is 0 Å². The molecule has 0 saturated carbocycles. The van der Waals surface area contributed by atoms with Crippen LogP contribution in [0.3, 0.4) is 0 Å². The molecular formula is C22H28FNO6S. The minimum absolute atomic E-state index is 0.183. The van der Waals surface area contributed by atoms with Crippen LogP contribution in [0.4, 0.5) is 4.39 Å². The van der Waals surface area contributed by atoms with Crippen molar-refractivity contribution >= 4 is 22.1 Å². The molecule has 0 aliphatic carbocycles. The number of carboxylic acids is 1. The third-order valence-electron chi connectivity index (χ3n) is 4.85. The van der Waals surface area contributed by atoms with Crippen LogP contribution in [0.25, 0.3) is 17.2 Å². The van der Waals surface area contributed by atoms with Crippen molar-refractivity contribution < 1.29 is 32.9 Å². The zero-order chi connectivity index (χ0) is 23.5. The number of halogens is 1. The Labute approximate surface area is 181 Å². The Balaban J connectivity index is 2.63. The SMILES string of the molecule is Cc1c(-c2ccc(F)cc2)c(/C=C/[C@H](O)C[C@@H](O)CC(=O)O)c(C(C)C)n1S(C)(=O)=O. The Morgan fingerprint density at radius 2 is 1.77 bits per heavy atom. The standard InChI is InChI=1S/C22H28FNO6S/c1-13(2)22-19(10-9-17(25)11-18(26)12-20(27)28)21(14(3)24(22)31(4,29)30)15-5-7-16(23)8-6-15/h5-10,13,17-18,25-26H,11-12H2,1-4H3,(H,27,28)/b10-9+/t17-,18+/m0/s1. The summed E-state index contributed by atoms with van der Waals surface area (Å²) < 4.78 is 39.8. The van der Waals surface area contributed by atoms with Gasteiger partial charge in [0.05, 0.1) is 24.9 Å². The van der Waals surface area contributed by atoms with Gasteiger partial charge >= 0.3 is 5.97 Å². The summed E-state index contributed by atoms with van der Waals surface area (Å²) in [6.07, 6.45) is 1.03. The van der Waals surface area contributed by atoms with E-state index in [1.54, 1.807) is 25.1 Å². The molecule has 31 heavy (non-hydrogen) atoms. The summed E-state index contributed by atoms with van der Waals surface area (Å²) in [4.78, 5) is 10.7. The van der Waals surface area contributed by atoms with E-state index in [1.807, 2.05) is 13.8 Å². The number of aliphatic hydroxyl groups is 2. The van der Waals surface area contributed by atoms with Crippen LogP contribution in [0.15, 0.2) is 30.3 Å². The number of rotatable bonds is 9. The van der Waals surface area contributed by atoms with Gasteiger partial charge in [0.15, 0.2) is 0 Å². The molecular weight excluding hydrogens is 425 g/mol. The summed E-state index contributed by atoms with van der Waals surface area (Å²) in [5.74, 6) is -1.80. The Hall–Kier alpha value is -2.49. The molecule has 2 aromatic rings. The van der Waals surface area contributed by atoms with Crippen LogP contribution in [0.1, 0.15) is 49.6 Å². The maximum absolute atomic E-state index is 13.5. The van der Waals surface area contributed by atoms with E-state index in [-0.39, 0.29) is 12.3 Å². The van der Waals surface area contributed by atoms with E-state index in [4.69, 9.17) is 5.11 Å². The molecule has 0 radical (unpaired) electrons. The van der Waals surface area contributed by atoms with E-state index in [9.17, 15) is 27.8 Å². The number of aliphatic hydroxyl groups excluding tert-OH is 2. The van der Waals surface area contributed by atoms with E-state index in [0.29, 0.717) is 28.1 Å². The molecule has 0 saturated heterocycles. The topological polar surface area (TPSA) is 117 Å². The van der Waals surface area contributed by atoms with Gasteiger partial charge in [-0.15, -0.1) is 0 Å². The molecule has 1 aromatic heterocycles. The Kier molecular flexibility index (Phi) is 7.80. The summed E-state index contributed by atoms with van der Waals surface area (Å²) in [5.41, 5.74) is 2.72. The molecule has 2 rings (SSSR count). The van der Waals surface area contributed by atoms with Gasteiger partial charge in [0.1, 0.15) is 5.82 Å². The van der Waals surface area contributed by atoms with Gasteiger partial charge in [-0.2, -0.15) is 0 Å². The summed E-state index contributed by atoms with van der Waals surface area (Å²) >= 11 is 0. The van der Waals surface area contributed by atoms with Gasteiger partial charge in [-0.25, -0.2) is 16.8 Å². The lowest BCUT2D eigenvalue weighted by atomic mass is 9.96. The number of hydrogen-bond donors (Lipinski definition) is 3. The van der Waals surface area contributed by atoms with Crippen molar-refractivity contribution in [1.29, 1.82) is 0 Å². The van der Waals surface area contributed by atoms with Crippen molar-refractivity contribution in [2.45, 2.75) is 51.7 Å². The Morgan fingerprint density at radius 1 is 1.19 bits per heavy atom. The highest BCUT2D eigenvalue weighted by Gasteiger charge is 2.26. The molecule has 0 unspecified atom stereocenters. The number of aromatic nitrogens is 1. The quantitative estimate of drug-likeness (QED) is 0.537. The minimum atomic E-state index is -3.66. The summed E-state index contributed by atoms with van der Waals surface area (Å²) in [6.45, 7) is 5.35. The van der Waals surface area contributed by atoms with Crippen molar-refractivity contribution in [2.24, 2.45) is 0 Å². The molecule has 2 atom stereocenters.